The van der Waals surface area contributed by atoms with E-state index in [1.165, 1.54) is 38.8 Å². The lowest BCUT2D eigenvalue weighted by molar-refractivity contribution is 0.265. The minimum absolute atomic E-state index is 0. The van der Waals surface area contributed by atoms with E-state index < -0.39 is 0 Å². The SMILES string of the molecule is Br.CCCCN1CCCC1C. The van der Waals surface area contributed by atoms with Crippen LogP contribution in [0.25, 0.3) is 0 Å². The van der Waals surface area contributed by atoms with Gasteiger partial charge in [0.05, 0.1) is 0 Å². The predicted octanol–water partition coefficient (Wildman–Crippen LogP) is 2.85. The third-order valence-corrected chi connectivity index (χ3v) is 2.49. The highest BCUT2D eigenvalue weighted by Crippen LogP contribution is 2.16. The van der Waals surface area contributed by atoms with E-state index in [1.807, 2.05) is 0 Å². The first kappa shape index (κ1) is 11.4. The van der Waals surface area contributed by atoms with Crippen molar-refractivity contribution in [2.45, 2.75) is 45.6 Å². The Labute approximate surface area is 80.9 Å². The zero-order chi connectivity index (χ0) is 7.40. The Morgan fingerprint density at radius 2 is 2.18 bits per heavy atom. The van der Waals surface area contributed by atoms with Crippen LogP contribution in [0.3, 0.4) is 0 Å². The number of unbranched alkanes of at least 4 members (excludes halogenated alkanes) is 1. The predicted molar refractivity (Wildman–Crippen MR) is 55.5 cm³/mol. The van der Waals surface area contributed by atoms with Crippen LogP contribution < -0.4 is 0 Å². The molecule has 1 atom stereocenters. The van der Waals surface area contributed by atoms with Crippen LogP contribution in [0.4, 0.5) is 0 Å². The number of likely N-dealkylation sites (tertiary alicyclic amines) is 1. The van der Waals surface area contributed by atoms with Crippen molar-refractivity contribution in [3.05, 3.63) is 0 Å². The highest BCUT2D eigenvalue weighted by atomic mass is 79.9. The second-order valence-corrected chi connectivity index (χ2v) is 3.38. The van der Waals surface area contributed by atoms with Crippen LogP contribution in [-0.4, -0.2) is 24.0 Å². The number of nitrogens with zero attached hydrogens (tertiary/aromatic N) is 1. The van der Waals surface area contributed by atoms with Crippen molar-refractivity contribution in [2.24, 2.45) is 0 Å². The molecule has 0 bridgehead atoms. The van der Waals surface area contributed by atoms with Gasteiger partial charge in [-0.15, -0.1) is 17.0 Å². The largest absolute Gasteiger partial charge is 0.301 e. The smallest absolute Gasteiger partial charge is 0.00674 e. The Hall–Kier alpha value is 0.440. The van der Waals surface area contributed by atoms with Gasteiger partial charge in [0.1, 0.15) is 0 Å². The molecule has 0 aromatic heterocycles. The van der Waals surface area contributed by atoms with E-state index in [2.05, 4.69) is 18.7 Å². The Kier molecular flexibility index (Phi) is 6.25. The van der Waals surface area contributed by atoms with Gasteiger partial charge in [-0.3, -0.25) is 0 Å². The van der Waals surface area contributed by atoms with Crippen molar-refractivity contribution in [3.8, 4) is 0 Å². The van der Waals surface area contributed by atoms with Gasteiger partial charge in [0.15, 0.2) is 0 Å². The van der Waals surface area contributed by atoms with Crippen LogP contribution in [0, 0.1) is 0 Å². The molecule has 1 nitrogen and oxygen atoms in total. The lowest BCUT2D eigenvalue weighted by Crippen LogP contribution is -2.27. The highest BCUT2D eigenvalue weighted by molar-refractivity contribution is 8.93. The van der Waals surface area contributed by atoms with Crippen molar-refractivity contribution >= 4 is 17.0 Å². The summed E-state index contributed by atoms with van der Waals surface area (Å²) in [6.45, 7) is 7.29. The number of halogens is 1. The molecule has 0 aromatic carbocycles. The Morgan fingerprint density at radius 3 is 2.64 bits per heavy atom. The average Bonchev–Trinajstić information content (AvgIpc) is 2.31. The summed E-state index contributed by atoms with van der Waals surface area (Å²) >= 11 is 0. The summed E-state index contributed by atoms with van der Waals surface area (Å²) in [6.07, 6.45) is 5.56. The molecule has 2 heteroatoms. The van der Waals surface area contributed by atoms with Gasteiger partial charge in [-0.2, -0.15) is 0 Å². The highest BCUT2D eigenvalue weighted by Gasteiger charge is 2.18. The number of rotatable bonds is 3. The third-order valence-electron chi connectivity index (χ3n) is 2.49. The first-order valence-electron chi connectivity index (χ1n) is 4.58. The van der Waals surface area contributed by atoms with E-state index in [0.29, 0.717) is 0 Å². The molecule has 11 heavy (non-hydrogen) atoms. The second-order valence-electron chi connectivity index (χ2n) is 3.38. The van der Waals surface area contributed by atoms with E-state index in [1.54, 1.807) is 0 Å². The van der Waals surface area contributed by atoms with Crippen molar-refractivity contribution in [1.29, 1.82) is 0 Å². The summed E-state index contributed by atoms with van der Waals surface area (Å²) in [5, 5.41) is 0. The zero-order valence-corrected chi connectivity index (χ0v) is 9.39. The molecular formula is C9H20BrN. The quantitative estimate of drug-likeness (QED) is 0.709. The molecule has 1 heterocycles. The van der Waals surface area contributed by atoms with Gasteiger partial charge in [0, 0.05) is 6.04 Å². The second kappa shape index (κ2) is 6.01. The molecule has 0 aliphatic carbocycles. The van der Waals surface area contributed by atoms with Crippen LogP contribution >= 0.6 is 17.0 Å². The standard InChI is InChI=1S/C9H19N.BrH/c1-3-4-7-10-8-5-6-9(10)2;/h9H,3-8H2,1-2H3;1H. The Morgan fingerprint density at radius 1 is 1.45 bits per heavy atom. The average molecular weight is 222 g/mol. The van der Waals surface area contributed by atoms with Gasteiger partial charge in [-0.05, 0) is 39.3 Å². The number of hydrogen-bond donors (Lipinski definition) is 0. The summed E-state index contributed by atoms with van der Waals surface area (Å²) in [6, 6.07) is 0.867. The van der Waals surface area contributed by atoms with E-state index in [-0.39, 0.29) is 17.0 Å². The molecule has 0 radical (unpaired) electrons. The fraction of sp³-hybridized carbons (Fsp3) is 1.00. The van der Waals surface area contributed by atoms with Gasteiger partial charge in [-0.1, -0.05) is 13.3 Å². The monoisotopic (exact) mass is 221 g/mol. The van der Waals surface area contributed by atoms with Crippen LogP contribution in [0.1, 0.15) is 39.5 Å². The first-order chi connectivity index (χ1) is 4.84. The molecule has 1 aliphatic heterocycles. The van der Waals surface area contributed by atoms with Crippen molar-refractivity contribution < 1.29 is 0 Å². The zero-order valence-electron chi connectivity index (χ0n) is 7.68. The van der Waals surface area contributed by atoms with E-state index in [4.69, 9.17) is 0 Å². The maximum atomic E-state index is 2.61. The van der Waals surface area contributed by atoms with Crippen LogP contribution in [-0.2, 0) is 0 Å². The van der Waals surface area contributed by atoms with E-state index in [9.17, 15) is 0 Å². The molecule has 0 N–H and O–H groups in total. The van der Waals surface area contributed by atoms with Gasteiger partial charge < -0.3 is 4.90 Å². The minimum Gasteiger partial charge on any atom is -0.301 e. The molecule has 1 rings (SSSR count). The fourth-order valence-corrected chi connectivity index (χ4v) is 1.69. The topological polar surface area (TPSA) is 3.24 Å². The Balaban J connectivity index is 0.000001000. The van der Waals surface area contributed by atoms with Gasteiger partial charge in [-0.25, -0.2) is 0 Å². The van der Waals surface area contributed by atoms with E-state index in [0.717, 1.165) is 6.04 Å². The molecule has 0 aromatic rings. The molecule has 68 valence electrons. The lowest BCUT2D eigenvalue weighted by atomic mass is 10.2. The normalized spacial score (nSPS) is 25.1. The molecule has 1 unspecified atom stereocenters. The summed E-state index contributed by atoms with van der Waals surface area (Å²) in [4.78, 5) is 2.61. The van der Waals surface area contributed by atoms with Gasteiger partial charge >= 0.3 is 0 Å². The summed E-state index contributed by atoms with van der Waals surface area (Å²) in [5.41, 5.74) is 0. The van der Waals surface area contributed by atoms with Crippen molar-refractivity contribution in [1.82, 2.24) is 4.90 Å². The summed E-state index contributed by atoms with van der Waals surface area (Å²) in [5.74, 6) is 0. The molecular weight excluding hydrogens is 202 g/mol. The lowest BCUT2D eigenvalue weighted by Gasteiger charge is -2.19. The van der Waals surface area contributed by atoms with Crippen molar-refractivity contribution in [3.63, 3.8) is 0 Å². The fourth-order valence-electron chi connectivity index (χ4n) is 1.69. The van der Waals surface area contributed by atoms with Crippen molar-refractivity contribution in [2.75, 3.05) is 13.1 Å². The van der Waals surface area contributed by atoms with Crippen LogP contribution in [0.2, 0.25) is 0 Å². The number of hydrogen-bond acceptors (Lipinski definition) is 1. The summed E-state index contributed by atoms with van der Waals surface area (Å²) in [7, 11) is 0. The van der Waals surface area contributed by atoms with Crippen LogP contribution in [0.5, 0.6) is 0 Å². The molecule has 0 saturated carbocycles. The molecule has 0 spiro atoms. The molecule has 1 aliphatic rings. The van der Waals surface area contributed by atoms with E-state index >= 15 is 0 Å². The molecule has 1 fully saturated rings. The third kappa shape index (κ3) is 3.57. The first-order valence-corrected chi connectivity index (χ1v) is 4.58. The maximum absolute atomic E-state index is 2.61. The van der Waals surface area contributed by atoms with Crippen LogP contribution in [0.15, 0.2) is 0 Å². The maximum Gasteiger partial charge on any atom is 0.00674 e. The summed E-state index contributed by atoms with van der Waals surface area (Å²) < 4.78 is 0. The Bertz CT molecular complexity index is 95.6. The molecule has 0 amide bonds. The van der Waals surface area contributed by atoms with Gasteiger partial charge in [0.2, 0.25) is 0 Å². The van der Waals surface area contributed by atoms with Gasteiger partial charge in [0.25, 0.3) is 0 Å². The molecule has 1 saturated heterocycles. The minimum atomic E-state index is 0.